The number of rotatable bonds is 4. The van der Waals surface area contributed by atoms with Gasteiger partial charge in [0.1, 0.15) is 0 Å². The van der Waals surface area contributed by atoms with Crippen LogP contribution in [0.15, 0.2) is 30.3 Å². The molecule has 0 fully saturated rings. The molecule has 134 valence electrons. The van der Waals surface area contributed by atoms with E-state index in [0.717, 1.165) is 17.5 Å². The third-order valence-corrected chi connectivity index (χ3v) is 5.59. The highest BCUT2D eigenvalue weighted by atomic mass is 19.1. The van der Waals surface area contributed by atoms with Crippen molar-refractivity contribution in [2.45, 2.75) is 26.2 Å². The average Bonchev–Trinajstić information content (AvgIpc) is 2.62. The second-order valence-electron chi connectivity index (χ2n) is 7.00. The topological polar surface area (TPSA) is 49.7 Å². The number of halogens is 1. The standard InChI is InChI=1S/C21H25FO3/c1-12-6-15-8-16(10-23)18(11-24)21(17(15)7-13(12)2)14-4-5-19(22)20(9-14)25-3/h4-7,9,16,18,21,23-24H,8,10-11H2,1-3H3/t16-,18-,21?/m1/s1. The van der Waals surface area contributed by atoms with Crippen LogP contribution in [0.4, 0.5) is 4.39 Å². The van der Waals surface area contributed by atoms with E-state index in [9.17, 15) is 14.6 Å². The highest BCUT2D eigenvalue weighted by Gasteiger charge is 2.37. The van der Waals surface area contributed by atoms with Crippen LogP contribution in [0.5, 0.6) is 5.75 Å². The van der Waals surface area contributed by atoms with Crippen LogP contribution in [-0.4, -0.2) is 30.5 Å². The monoisotopic (exact) mass is 344 g/mol. The number of benzene rings is 2. The number of aliphatic hydroxyl groups excluding tert-OH is 2. The van der Waals surface area contributed by atoms with Crippen molar-refractivity contribution in [2.24, 2.45) is 11.8 Å². The van der Waals surface area contributed by atoms with Crippen molar-refractivity contribution in [2.75, 3.05) is 20.3 Å². The predicted molar refractivity (Wildman–Crippen MR) is 95.6 cm³/mol. The Labute approximate surface area is 148 Å². The quantitative estimate of drug-likeness (QED) is 0.894. The first kappa shape index (κ1) is 17.9. The predicted octanol–water partition coefficient (Wildman–Crippen LogP) is 3.36. The SMILES string of the molecule is COc1cc(C2c3cc(C)c(C)cc3C[C@H](CO)[C@H]2CO)ccc1F. The average molecular weight is 344 g/mol. The first-order valence-corrected chi connectivity index (χ1v) is 8.65. The molecule has 25 heavy (non-hydrogen) atoms. The molecular weight excluding hydrogens is 319 g/mol. The number of aryl methyl sites for hydroxylation is 2. The molecule has 3 atom stereocenters. The van der Waals surface area contributed by atoms with Gasteiger partial charge in [-0.25, -0.2) is 4.39 Å². The van der Waals surface area contributed by atoms with Crippen LogP contribution in [0.1, 0.15) is 33.7 Å². The second-order valence-corrected chi connectivity index (χ2v) is 7.00. The van der Waals surface area contributed by atoms with Gasteiger partial charge in [-0.1, -0.05) is 18.2 Å². The summed E-state index contributed by atoms with van der Waals surface area (Å²) in [4.78, 5) is 0. The molecule has 0 spiro atoms. The van der Waals surface area contributed by atoms with Gasteiger partial charge in [-0.2, -0.15) is 0 Å². The summed E-state index contributed by atoms with van der Waals surface area (Å²) in [6.45, 7) is 4.15. The number of hydrogen-bond acceptors (Lipinski definition) is 3. The molecule has 0 aromatic heterocycles. The number of ether oxygens (including phenoxy) is 1. The normalized spacial score (nSPS) is 22.6. The van der Waals surface area contributed by atoms with Crippen LogP contribution < -0.4 is 4.74 Å². The molecular formula is C21H25FO3. The lowest BCUT2D eigenvalue weighted by molar-refractivity contribution is 0.101. The number of hydrogen-bond donors (Lipinski definition) is 2. The molecule has 0 bridgehead atoms. The van der Waals surface area contributed by atoms with E-state index in [2.05, 4.69) is 26.0 Å². The number of methoxy groups -OCH3 is 1. The molecule has 1 aliphatic carbocycles. The Balaban J connectivity index is 2.19. The van der Waals surface area contributed by atoms with E-state index >= 15 is 0 Å². The van der Waals surface area contributed by atoms with Gasteiger partial charge in [0, 0.05) is 19.1 Å². The maximum absolute atomic E-state index is 13.9. The van der Waals surface area contributed by atoms with Gasteiger partial charge in [0.2, 0.25) is 0 Å². The first-order valence-electron chi connectivity index (χ1n) is 8.65. The van der Waals surface area contributed by atoms with E-state index in [0.29, 0.717) is 0 Å². The van der Waals surface area contributed by atoms with Crippen LogP contribution in [-0.2, 0) is 6.42 Å². The van der Waals surface area contributed by atoms with Gasteiger partial charge in [-0.05, 0) is 72.1 Å². The van der Waals surface area contributed by atoms with Crippen molar-refractivity contribution in [3.05, 3.63) is 64.0 Å². The van der Waals surface area contributed by atoms with E-state index in [1.54, 1.807) is 12.1 Å². The molecule has 0 saturated heterocycles. The fourth-order valence-corrected chi connectivity index (χ4v) is 4.05. The lowest BCUT2D eigenvalue weighted by Crippen LogP contribution is -2.35. The van der Waals surface area contributed by atoms with Crippen LogP contribution in [0.2, 0.25) is 0 Å². The molecule has 4 heteroatoms. The van der Waals surface area contributed by atoms with E-state index < -0.39 is 5.82 Å². The van der Waals surface area contributed by atoms with E-state index in [4.69, 9.17) is 4.74 Å². The zero-order chi connectivity index (χ0) is 18.1. The Morgan fingerprint density at radius 1 is 1.08 bits per heavy atom. The third-order valence-electron chi connectivity index (χ3n) is 5.59. The molecule has 1 aliphatic rings. The molecule has 0 amide bonds. The zero-order valence-electron chi connectivity index (χ0n) is 14.9. The maximum atomic E-state index is 13.9. The highest BCUT2D eigenvalue weighted by molar-refractivity contribution is 5.47. The lowest BCUT2D eigenvalue weighted by Gasteiger charge is -2.39. The molecule has 3 nitrogen and oxygen atoms in total. The summed E-state index contributed by atoms with van der Waals surface area (Å²) in [5.41, 5.74) is 5.66. The van der Waals surface area contributed by atoms with E-state index in [1.807, 2.05) is 0 Å². The molecule has 0 heterocycles. The minimum atomic E-state index is -0.401. The smallest absolute Gasteiger partial charge is 0.165 e. The Morgan fingerprint density at radius 2 is 1.80 bits per heavy atom. The van der Waals surface area contributed by atoms with Gasteiger partial charge in [0.15, 0.2) is 11.6 Å². The molecule has 0 saturated carbocycles. The lowest BCUT2D eigenvalue weighted by atomic mass is 9.66. The molecule has 3 rings (SSSR count). The third kappa shape index (κ3) is 3.16. The van der Waals surface area contributed by atoms with Crippen molar-refractivity contribution in [1.82, 2.24) is 0 Å². The van der Waals surface area contributed by atoms with E-state index in [1.165, 1.54) is 29.9 Å². The van der Waals surface area contributed by atoms with Crippen molar-refractivity contribution in [3.63, 3.8) is 0 Å². The van der Waals surface area contributed by atoms with Gasteiger partial charge >= 0.3 is 0 Å². The summed E-state index contributed by atoms with van der Waals surface area (Å²) in [6.07, 6.45) is 0.743. The molecule has 2 N–H and O–H groups in total. The molecule has 0 aliphatic heterocycles. The fourth-order valence-electron chi connectivity index (χ4n) is 4.05. The summed E-state index contributed by atoms with van der Waals surface area (Å²) in [5.74, 6) is -0.442. The summed E-state index contributed by atoms with van der Waals surface area (Å²) < 4.78 is 19.0. The Bertz CT molecular complexity index is 772. The largest absolute Gasteiger partial charge is 0.494 e. The Morgan fingerprint density at radius 3 is 2.44 bits per heavy atom. The Kier molecular flexibility index (Phi) is 5.11. The summed E-state index contributed by atoms with van der Waals surface area (Å²) in [6, 6.07) is 9.22. The van der Waals surface area contributed by atoms with Crippen LogP contribution in [0, 0.1) is 31.5 Å². The van der Waals surface area contributed by atoms with Gasteiger partial charge in [-0.15, -0.1) is 0 Å². The number of aliphatic hydroxyl groups is 2. The Hall–Kier alpha value is -1.91. The molecule has 0 radical (unpaired) electrons. The van der Waals surface area contributed by atoms with Crippen molar-refractivity contribution < 1.29 is 19.3 Å². The first-order chi connectivity index (χ1) is 12.0. The van der Waals surface area contributed by atoms with Crippen molar-refractivity contribution >= 4 is 0 Å². The summed E-state index contributed by atoms with van der Waals surface area (Å²) >= 11 is 0. The van der Waals surface area contributed by atoms with E-state index in [-0.39, 0.29) is 36.7 Å². The zero-order valence-corrected chi connectivity index (χ0v) is 14.9. The van der Waals surface area contributed by atoms with Crippen molar-refractivity contribution in [3.8, 4) is 5.75 Å². The van der Waals surface area contributed by atoms with Crippen molar-refractivity contribution in [1.29, 1.82) is 0 Å². The minimum Gasteiger partial charge on any atom is -0.494 e. The molecule has 1 unspecified atom stereocenters. The highest BCUT2D eigenvalue weighted by Crippen LogP contribution is 2.45. The number of fused-ring (bicyclic) bond motifs is 1. The fraction of sp³-hybridized carbons (Fsp3) is 0.429. The molecule has 2 aromatic rings. The van der Waals surface area contributed by atoms with Gasteiger partial charge < -0.3 is 14.9 Å². The molecule has 2 aromatic carbocycles. The van der Waals surface area contributed by atoms with Gasteiger partial charge in [0.05, 0.1) is 7.11 Å². The van der Waals surface area contributed by atoms with Gasteiger partial charge in [0.25, 0.3) is 0 Å². The summed E-state index contributed by atoms with van der Waals surface area (Å²) in [5, 5.41) is 19.9. The van der Waals surface area contributed by atoms with Gasteiger partial charge in [-0.3, -0.25) is 0 Å². The van der Waals surface area contributed by atoms with Crippen LogP contribution >= 0.6 is 0 Å². The maximum Gasteiger partial charge on any atom is 0.165 e. The second kappa shape index (κ2) is 7.14. The van der Waals surface area contributed by atoms with Crippen LogP contribution in [0.25, 0.3) is 0 Å². The summed E-state index contributed by atoms with van der Waals surface area (Å²) in [7, 11) is 1.45. The van der Waals surface area contributed by atoms with Crippen LogP contribution in [0.3, 0.4) is 0 Å². The minimum absolute atomic E-state index is 0.0203.